The van der Waals surface area contributed by atoms with Crippen LogP contribution in [-0.4, -0.2) is 45.8 Å². The summed E-state index contributed by atoms with van der Waals surface area (Å²) in [5, 5.41) is 4.23. The summed E-state index contributed by atoms with van der Waals surface area (Å²) in [5.41, 5.74) is 1.84. The van der Waals surface area contributed by atoms with E-state index in [4.69, 9.17) is 4.74 Å². The molecule has 1 aromatic heterocycles. The normalized spacial score (nSPS) is 21.6. The summed E-state index contributed by atoms with van der Waals surface area (Å²) < 4.78 is 7.43. The molecular formula is C22H30N4O2. The third-order valence-corrected chi connectivity index (χ3v) is 6.55. The standard InChI is InChI=1S/C22H30N4O2/c1-17-7-8-19(12-20(17)28-2)22(9-3-4-10-22)21(27)25-11-5-6-18(13-25)14-26-16-23-15-24-26/h7-8,12,15-16,18H,3-6,9-11,13-14H2,1-2H3. The fourth-order valence-corrected chi connectivity index (χ4v) is 5.02. The van der Waals surface area contributed by atoms with E-state index in [2.05, 4.69) is 33.2 Å². The minimum Gasteiger partial charge on any atom is -0.496 e. The van der Waals surface area contributed by atoms with Crippen molar-refractivity contribution in [2.45, 2.75) is 57.4 Å². The molecule has 1 aromatic carbocycles. The van der Waals surface area contributed by atoms with Crippen LogP contribution in [0.25, 0.3) is 0 Å². The molecule has 6 nitrogen and oxygen atoms in total. The molecule has 150 valence electrons. The molecule has 0 spiro atoms. The lowest BCUT2D eigenvalue weighted by atomic mass is 9.76. The molecule has 6 heteroatoms. The molecule has 1 atom stereocenters. The predicted molar refractivity (Wildman–Crippen MR) is 107 cm³/mol. The number of ether oxygens (including phenoxy) is 1. The highest BCUT2D eigenvalue weighted by Crippen LogP contribution is 2.44. The topological polar surface area (TPSA) is 60.2 Å². The Morgan fingerprint density at radius 1 is 1.29 bits per heavy atom. The number of methoxy groups -OCH3 is 1. The Morgan fingerprint density at radius 3 is 2.82 bits per heavy atom. The van der Waals surface area contributed by atoms with Crippen LogP contribution in [0.5, 0.6) is 5.75 Å². The fourth-order valence-electron chi connectivity index (χ4n) is 5.02. The van der Waals surface area contributed by atoms with Crippen LogP contribution < -0.4 is 4.74 Å². The van der Waals surface area contributed by atoms with Gasteiger partial charge in [-0.1, -0.05) is 25.0 Å². The molecule has 1 saturated heterocycles. The Bertz CT molecular complexity index is 812. The SMILES string of the molecule is COc1cc(C2(C(=O)N3CCCC(Cn4cncn4)C3)CCCC2)ccc1C. The van der Waals surface area contributed by atoms with Gasteiger partial charge in [0.05, 0.1) is 12.5 Å². The predicted octanol–water partition coefficient (Wildman–Crippen LogP) is 3.35. The van der Waals surface area contributed by atoms with Gasteiger partial charge in [-0.2, -0.15) is 5.10 Å². The number of nitrogens with zero attached hydrogens (tertiary/aromatic N) is 4. The van der Waals surface area contributed by atoms with E-state index in [0.29, 0.717) is 11.8 Å². The summed E-state index contributed by atoms with van der Waals surface area (Å²) in [7, 11) is 1.70. The quantitative estimate of drug-likeness (QED) is 0.796. The van der Waals surface area contributed by atoms with Crippen molar-refractivity contribution in [3.05, 3.63) is 42.0 Å². The van der Waals surface area contributed by atoms with Gasteiger partial charge < -0.3 is 9.64 Å². The van der Waals surface area contributed by atoms with Gasteiger partial charge in [0.1, 0.15) is 18.4 Å². The van der Waals surface area contributed by atoms with E-state index >= 15 is 0 Å². The average molecular weight is 383 g/mol. The van der Waals surface area contributed by atoms with Gasteiger partial charge in [0, 0.05) is 19.6 Å². The number of aryl methyl sites for hydroxylation is 1. The highest BCUT2D eigenvalue weighted by Gasteiger charge is 2.45. The molecule has 0 N–H and O–H groups in total. The van der Waals surface area contributed by atoms with Crippen LogP contribution in [0.4, 0.5) is 0 Å². The van der Waals surface area contributed by atoms with Crippen molar-refractivity contribution in [3.63, 3.8) is 0 Å². The summed E-state index contributed by atoms with van der Waals surface area (Å²) >= 11 is 0. The van der Waals surface area contributed by atoms with E-state index < -0.39 is 5.41 Å². The zero-order valence-electron chi connectivity index (χ0n) is 16.9. The van der Waals surface area contributed by atoms with E-state index in [1.165, 1.54) is 0 Å². The van der Waals surface area contributed by atoms with E-state index in [1.807, 2.05) is 11.6 Å². The third kappa shape index (κ3) is 3.52. The Balaban J connectivity index is 1.56. The minimum absolute atomic E-state index is 0.305. The largest absolute Gasteiger partial charge is 0.496 e. The second-order valence-corrected chi connectivity index (χ2v) is 8.35. The van der Waals surface area contributed by atoms with Crippen LogP contribution >= 0.6 is 0 Å². The van der Waals surface area contributed by atoms with Gasteiger partial charge in [-0.25, -0.2) is 4.98 Å². The van der Waals surface area contributed by atoms with Crippen molar-refractivity contribution < 1.29 is 9.53 Å². The van der Waals surface area contributed by atoms with E-state index in [0.717, 1.165) is 75.0 Å². The summed E-state index contributed by atoms with van der Waals surface area (Å²) in [5.74, 6) is 1.61. The Kier molecular flexibility index (Phi) is 5.38. The van der Waals surface area contributed by atoms with E-state index in [-0.39, 0.29) is 0 Å². The number of likely N-dealkylation sites (tertiary alicyclic amines) is 1. The van der Waals surface area contributed by atoms with Crippen LogP contribution in [0.15, 0.2) is 30.9 Å². The molecule has 2 heterocycles. The van der Waals surface area contributed by atoms with Crippen molar-refractivity contribution in [2.75, 3.05) is 20.2 Å². The van der Waals surface area contributed by atoms with Gasteiger partial charge in [-0.15, -0.1) is 0 Å². The molecule has 2 fully saturated rings. The number of carbonyl (C=O) groups excluding carboxylic acids is 1. The van der Waals surface area contributed by atoms with Gasteiger partial charge >= 0.3 is 0 Å². The molecular weight excluding hydrogens is 352 g/mol. The first kappa shape index (κ1) is 19.0. The molecule has 2 aromatic rings. The second-order valence-electron chi connectivity index (χ2n) is 8.35. The molecule has 1 saturated carbocycles. The Hall–Kier alpha value is -2.37. The van der Waals surface area contributed by atoms with Gasteiger partial charge in [-0.3, -0.25) is 9.48 Å². The number of rotatable bonds is 5. The lowest BCUT2D eigenvalue weighted by Crippen LogP contribution is -2.49. The maximum absolute atomic E-state index is 13.8. The van der Waals surface area contributed by atoms with Gasteiger partial charge in [0.2, 0.25) is 5.91 Å². The maximum atomic E-state index is 13.8. The van der Waals surface area contributed by atoms with E-state index in [1.54, 1.807) is 19.8 Å². The number of hydrogen-bond acceptors (Lipinski definition) is 4. The van der Waals surface area contributed by atoms with Gasteiger partial charge in [-0.05, 0) is 55.7 Å². The number of benzene rings is 1. The zero-order chi connectivity index (χ0) is 19.6. The lowest BCUT2D eigenvalue weighted by Gasteiger charge is -2.39. The fraction of sp³-hybridized carbons (Fsp3) is 0.591. The Morgan fingerprint density at radius 2 is 2.11 bits per heavy atom. The van der Waals surface area contributed by atoms with Crippen LogP contribution in [-0.2, 0) is 16.8 Å². The van der Waals surface area contributed by atoms with Crippen LogP contribution in [0.1, 0.15) is 49.7 Å². The first-order valence-electron chi connectivity index (χ1n) is 10.4. The molecule has 0 bridgehead atoms. The summed E-state index contributed by atoms with van der Waals surface area (Å²) in [6.45, 7) is 4.54. The highest BCUT2D eigenvalue weighted by atomic mass is 16.5. The van der Waals surface area contributed by atoms with Gasteiger partial charge in [0.25, 0.3) is 0 Å². The smallest absolute Gasteiger partial charge is 0.233 e. The first-order valence-corrected chi connectivity index (χ1v) is 10.4. The van der Waals surface area contributed by atoms with E-state index in [9.17, 15) is 4.79 Å². The lowest BCUT2D eigenvalue weighted by molar-refractivity contribution is -0.139. The number of piperidine rings is 1. The number of hydrogen-bond donors (Lipinski definition) is 0. The molecule has 2 aliphatic rings. The van der Waals surface area contributed by atoms with Crippen molar-refractivity contribution in [1.29, 1.82) is 0 Å². The number of amides is 1. The van der Waals surface area contributed by atoms with Crippen LogP contribution in [0.2, 0.25) is 0 Å². The average Bonchev–Trinajstić information content (AvgIpc) is 3.41. The Labute approximate surface area is 166 Å². The first-order chi connectivity index (χ1) is 13.6. The molecule has 1 amide bonds. The molecule has 1 aliphatic carbocycles. The number of carbonyl (C=O) groups is 1. The summed E-state index contributed by atoms with van der Waals surface area (Å²) in [6.07, 6.45) is 9.61. The second kappa shape index (κ2) is 7.94. The maximum Gasteiger partial charge on any atom is 0.233 e. The molecule has 28 heavy (non-hydrogen) atoms. The monoisotopic (exact) mass is 382 g/mol. The van der Waals surface area contributed by atoms with Crippen LogP contribution in [0, 0.1) is 12.8 Å². The molecule has 1 aliphatic heterocycles. The van der Waals surface area contributed by atoms with Crippen molar-refractivity contribution in [1.82, 2.24) is 19.7 Å². The minimum atomic E-state index is -0.393. The molecule has 4 rings (SSSR count). The highest BCUT2D eigenvalue weighted by molar-refractivity contribution is 5.89. The van der Waals surface area contributed by atoms with Crippen molar-refractivity contribution in [2.24, 2.45) is 5.92 Å². The van der Waals surface area contributed by atoms with Crippen LogP contribution in [0.3, 0.4) is 0 Å². The third-order valence-electron chi connectivity index (χ3n) is 6.55. The summed E-state index contributed by atoms with van der Waals surface area (Å²) in [4.78, 5) is 20.0. The van der Waals surface area contributed by atoms with Gasteiger partial charge in [0.15, 0.2) is 0 Å². The summed E-state index contributed by atoms with van der Waals surface area (Å²) in [6, 6.07) is 6.32. The van der Waals surface area contributed by atoms with Crippen molar-refractivity contribution in [3.8, 4) is 5.75 Å². The number of aromatic nitrogens is 3. The molecule has 0 radical (unpaired) electrons. The zero-order valence-corrected chi connectivity index (χ0v) is 16.9. The molecule has 1 unspecified atom stereocenters. The van der Waals surface area contributed by atoms with Crippen molar-refractivity contribution >= 4 is 5.91 Å².